The van der Waals surface area contributed by atoms with Crippen LogP contribution in [0.3, 0.4) is 0 Å². The third-order valence-electron chi connectivity index (χ3n) is 3.82. The van der Waals surface area contributed by atoms with Crippen molar-refractivity contribution in [2.75, 3.05) is 18.4 Å². The summed E-state index contributed by atoms with van der Waals surface area (Å²) in [7, 11) is 0. The molecule has 4 nitrogen and oxygen atoms in total. The van der Waals surface area contributed by atoms with Gasteiger partial charge in [0.25, 0.3) is 0 Å². The number of carbonyl (C=O) groups excluding carboxylic acids is 2. The highest BCUT2D eigenvalue weighted by Crippen LogP contribution is 2.30. The van der Waals surface area contributed by atoms with Crippen LogP contribution in [0.5, 0.6) is 0 Å². The van der Waals surface area contributed by atoms with Crippen LogP contribution < -0.4 is 5.32 Å². The fraction of sp³-hybridized carbons (Fsp3) is 0.529. The lowest BCUT2D eigenvalue weighted by Crippen LogP contribution is -2.47. The number of aryl methyl sites for hydroxylation is 2. The monoisotopic (exact) mass is 324 g/mol. The molecule has 0 saturated carbocycles. The fourth-order valence-electron chi connectivity index (χ4n) is 2.35. The van der Waals surface area contributed by atoms with Gasteiger partial charge in [-0.2, -0.15) is 0 Å². The first-order valence-corrected chi connectivity index (χ1v) is 7.90. The molecule has 0 aliphatic heterocycles. The van der Waals surface area contributed by atoms with Crippen molar-refractivity contribution >= 4 is 29.1 Å². The molecule has 0 unspecified atom stereocenters. The lowest BCUT2D eigenvalue weighted by Gasteiger charge is -2.30. The van der Waals surface area contributed by atoms with Gasteiger partial charge in [-0.15, -0.1) is 0 Å². The molecular formula is C17H25ClN2O2. The summed E-state index contributed by atoms with van der Waals surface area (Å²) >= 11 is 6.22. The molecule has 0 aromatic heterocycles. The van der Waals surface area contributed by atoms with Crippen LogP contribution in [-0.4, -0.2) is 29.8 Å². The molecule has 0 aliphatic rings. The van der Waals surface area contributed by atoms with Crippen LogP contribution in [-0.2, 0) is 9.59 Å². The van der Waals surface area contributed by atoms with E-state index in [-0.39, 0.29) is 11.8 Å². The predicted molar refractivity (Wildman–Crippen MR) is 91.3 cm³/mol. The number of nitrogens with one attached hydrogen (secondary N) is 1. The molecule has 0 heterocycles. The standard InChI is InChI=1S/C17H25ClN2O2/c1-7-20(8-2)16(22)17(5,6)15(21)19-14-12(4)9-11(3)10-13(14)18/h9-10H,7-8H2,1-6H3,(H,19,21). The summed E-state index contributed by atoms with van der Waals surface area (Å²) in [4.78, 5) is 26.8. The SMILES string of the molecule is CCN(CC)C(=O)C(C)(C)C(=O)Nc1c(C)cc(C)cc1Cl. The van der Waals surface area contributed by atoms with Crippen molar-refractivity contribution in [3.8, 4) is 0 Å². The molecule has 22 heavy (non-hydrogen) atoms. The van der Waals surface area contributed by atoms with Gasteiger partial charge < -0.3 is 10.2 Å². The Kier molecular flexibility index (Phi) is 6.00. The Balaban J connectivity index is 3.04. The Bertz CT molecular complexity index is 555. The van der Waals surface area contributed by atoms with Crippen LogP contribution in [0, 0.1) is 19.3 Å². The van der Waals surface area contributed by atoms with E-state index < -0.39 is 5.41 Å². The Hall–Kier alpha value is -1.55. The second kappa shape index (κ2) is 7.14. The van der Waals surface area contributed by atoms with Crippen molar-refractivity contribution in [1.29, 1.82) is 0 Å². The van der Waals surface area contributed by atoms with Crippen molar-refractivity contribution in [2.45, 2.75) is 41.5 Å². The zero-order valence-electron chi connectivity index (χ0n) is 14.2. The van der Waals surface area contributed by atoms with Gasteiger partial charge in [0.1, 0.15) is 5.41 Å². The van der Waals surface area contributed by atoms with Crippen LogP contribution in [0.1, 0.15) is 38.8 Å². The van der Waals surface area contributed by atoms with Crippen molar-refractivity contribution in [3.05, 3.63) is 28.3 Å². The van der Waals surface area contributed by atoms with Crippen LogP contribution in [0.4, 0.5) is 5.69 Å². The maximum Gasteiger partial charge on any atom is 0.239 e. The normalized spacial score (nSPS) is 11.2. The van der Waals surface area contributed by atoms with E-state index in [1.807, 2.05) is 33.8 Å². The first kappa shape index (κ1) is 18.5. The summed E-state index contributed by atoms with van der Waals surface area (Å²) in [6.07, 6.45) is 0. The Labute approximate surface area is 137 Å². The summed E-state index contributed by atoms with van der Waals surface area (Å²) in [6, 6.07) is 3.74. The van der Waals surface area contributed by atoms with Gasteiger partial charge in [0.2, 0.25) is 11.8 Å². The first-order valence-electron chi connectivity index (χ1n) is 7.52. The number of rotatable bonds is 5. The zero-order chi connectivity index (χ0) is 17.1. The number of anilines is 1. The van der Waals surface area contributed by atoms with E-state index in [1.165, 1.54) is 0 Å². The molecule has 0 aliphatic carbocycles. The summed E-state index contributed by atoms with van der Waals surface area (Å²) in [5, 5.41) is 3.29. The zero-order valence-corrected chi connectivity index (χ0v) is 15.0. The van der Waals surface area contributed by atoms with Crippen molar-refractivity contribution in [2.24, 2.45) is 5.41 Å². The number of amides is 2. The van der Waals surface area contributed by atoms with E-state index in [0.29, 0.717) is 23.8 Å². The quantitative estimate of drug-likeness (QED) is 0.838. The highest BCUT2D eigenvalue weighted by molar-refractivity contribution is 6.34. The van der Waals surface area contributed by atoms with Crippen molar-refractivity contribution < 1.29 is 9.59 Å². The summed E-state index contributed by atoms with van der Waals surface area (Å²) < 4.78 is 0. The van der Waals surface area contributed by atoms with Crippen molar-refractivity contribution in [1.82, 2.24) is 4.90 Å². The van der Waals surface area contributed by atoms with E-state index in [1.54, 1.807) is 24.8 Å². The molecule has 1 N–H and O–H groups in total. The molecule has 1 aromatic carbocycles. The summed E-state index contributed by atoms with van der Waals surface area (Å²) in [5.41, 5.74) is 1.33. The second-order valence-corrected chi connectivity index (χ2v) is 6.40. The van der Waals surface area contributed by atoms with Gasteiger partial charge in [0, 0.05) is 13.1 Å². The number of hydrogen-bond donors (Lipinski definition) is 1. The van der Waals surface area contributed by atoms with Crippen LogP contribution in [0.2, 0.25) is 5.02 Å². The third-order valence-corrected chi connectivity index (χ3v) is 4.12. The van der Waals surface area contributed by atoms with E-state index >= 15 is 0 Å². The number of carbonyl (C=O) groups is 2. The van der Waals surface area contributed by atoms with Gasteiger partial charge in [0.05, 0.1) is 10.7 Å². The molecule has 0 spiro atoms. The second-order valence-electron chi connectivity index (χ2n) is 6.00. The Morgan fingerprint density at radius 1 is 1.18 bits per heavy atom. The third kappa shape index (κ3) is 3.80. The van der Waals surface area contributed by atoms with Gasteiger partial charge in [-0.1, -0.05) is 17.7 Å². The van der Waals surface area contributed by atoms with E-state index in [2.05, 4.69) is 5.32 Å². The average Bonchev–Trinajstić information content (AvgIpc) is 2.43. The molecule has 1 aromatic rings. The van der Waals surface area contributed by atoms with Gasteiger partial charge in [0.15, 0.2) is 0 Å². The van der Waals surface area contributed by atoms with Gasteiger partial charge in [-0.3, -0.25) is 9.59 Å². The van der Waals surface area contributed by atoms with Gasteiger partial charge in [-0.25, -0.2) is 0 Å². The molecule has 0 saturated heterocycles. The summed E-state index contributed by atoms with van der Waals surface area (Å²) in [5.74, 6) is -0.533. The minimum atomic E-state index is -1.15. The number of benzene rings is 1. The highest BCUT2D eigenvalue weighted by Gasteiger charge is 2.38. The number of halogens is 1. The van der Waals surface area contributed by atoms with Crippen LogP contribution in [0.25, 0.3) is 0 Å². The van der Waals surface area contributed by atoms with Gasteiger partial charge >= 0.3 is 0 Å². The van der Waals surface area contributed by atoms with E-state index in [0.717, 1.165) is 11.1 Å². The van der Waals surface area contributed by atoms with Gasteiger partial charge in [-0.05, 0) is 58.7 Å². The van der Waals surface area contributed by atoms with E-state index in [4.69, 9.17) is 11.6 Å². The molecule has 0 bridgehead atoms. The molecule has 0 fully saturated rings. The maximum absolute atomic E-state index is 12.6. The minimum absolute atomic E-state index is 0.184. The predicted octanol–water partition coefficient (Wildman–Crippen LogP) is 3.79. The number of nitrogens with zero attached hydrogens (tertiary/aromatic N) is 1. The minimum Gasteiger partial charge on any atom is -0.342 e. The van der Waals surface area contributed by atoms with Crippen LogP contribution in [0.15, 0.2) is 12.1 Å². The molecular weight excluding hydrogens is 300 g/mol. The van der Waals surface area contributed by atoms with Crippen LogP contribution >= 0.6 is 11.6 Å². The highest BCUT2D eigenvalue weighted by atomic mass is 35.5. The molecule has 5 heteroatoms. The van der Waals surface area contributed by atoms with E-state index in [9.17, 15) is 9.59 Å². The van der Waals surface area contributed by atoms with Crippen molar-refractivity contribution in [3.63, 3.8) is 0 Å². The fourth-order valence-corrected chi connectivity index (χ4v) is 2.72. The first-order chi connectivity index (χ1) is 10.1. The topological polar surface area (TPSA) is 49.4 Å². The molecule has 1 rings (SSSR count). The average molecular weight is 325 g/mol. The smallest absolute Gasteiger partial charge is 0.239 e. The number of hydrogen-bond acceptors (Lipinski definition) is 2. The Morgan fingerprint density at radius 2 is 1.73 bits per heavy atom. The molecule has 0 atom stereocenters. The maximum atomic E-state index is 12.6. The largest absolute Gasteiger partial charge is 0.342 e. The molecule has 2 amide bonds. The lowest BCUT2D eigenvalue weighted by atomic mass is 9.90. The lowest BCUT2D eigenvalue weighted by molar-refractivity contribution is -0.146. The Morgan fingerprint density at radius 3 is 2.18 bits per heavy atom. The molecule has 0 radical (unpaired) electrons. The molecule has 122 valence electrons. The summed E-state index contributed by atoms with van der Waals surface area (Å²) in [6.45, 7) is 12.1.